The van der Waals surface area contributed by atoms with Gasteiger partial charge in [0.15, 0.2) is 0 Å². The summed E-state index contributed by atoms with van der Waals surface area (Å²) < 4.78 is 17.4. The molecule has 0 N–H and O–H groups in total. The number of halogens is 1. The van der Waals surface area contributed by atoms with Gasteiger partial charge in [0.05, 0.1) is 51.2 Å². The average Bonchev–Trinajstić information content (AvgIpc) is 2.81. The molecule has 0 amide bonds. The zero-order valence-corrected chi connectivity index (χ0v) is 11.7. The second kappa shape index (κ2) is 9.33. The Morgan fingerprint density at radius 2 is 1.89 bits per heavy atom. The minimum atomic E-state index is -0.00569. The van der Waals surface area contributed by atoms with Gasteiger partial charge in [-0.2, -0.15) is 5.10 Å². The molecule has 18 heavy (non-hydrogen) atoms. The van der Waals surface area contributed by atoms with Gasteiger partial charge in [-0.15, -0.1) is 11.6 Å². The highest BCUT2D eigenvalue weighted by Gasteiger charge is 2.03. The van der Waals surface area contributed by atoms with E-state index >= 15 is 0 Å². The number of alkyl halides is 1. The van der Waals surface area contributed by atoms with E-state index in [0.29, 0.717) is 33.0 Å². The number of rotatable bonds is 10. The van der Waals surface area contributed by atoms with Gasteiger partial charge in [0.2, 0.25) is 0 Å². The molecule has 1 aromatic rings. The Labute approximate surface area is 113 Å². The number of nitrogens with zero attached hydrogens (tertiary/aromatic N) is 2. The van der Waals surface area contributed by atoms with Gasteiger partial charge >= 0.3 is 0 Å². The third-order valence-corrected chi connectivity index (χ3v) is 2.63. The molecule has 0 aliphatic heterocycles. The highest BCUT2D eigenvalue weighted by atomic mass is 35.5. The van der Waals surface area contributed by atoms with Gasteiger partial charge in [-0.05, 0) is 6.92 Å². The molecular weight excluding hydrogens is 256 g/mol. The van der Waals surface area contributed by atoms with E-state index in [-0.39, 0.29) is 5.38 Å². The normalized spacial score (nSPS) is 12.8. The van der Waals surface area contributed by atoms with Crippen LogP contribution in [-0.2, 0) is 20.8 Å². The molecule has 0 spiro atoms. The van der Waals surface area contributed by atoms with Gasteiger partial charge in [0, 0.05) is 18.9 Å². The molecule has 0 fully saturated rings. The van der Waals surface area contributed by atoms with Crippen LogP contribution < -0.4 is 0 Å². The number of hydrogen-bond acceptors (Lipinski definition) is 4. The third kappa shape index (κ3) is 6.35. The molecule has 1 aromatic heterocycles. The van der Waals surface area contributed by atoms with Crippen molar-refractivity contribution in [2.24, 2.45) is 0 Å². The van der Waals surface area contributed by atoms with E-state index in [1.807, 2.05) is 17.8 Å². The van der Waals surface area contributed by atoms with Gasteiger partial charge < -0.3 is 14.2 Å². The van der Waals surface area contributed by atoms with E-state index in [2.05, 4.69) is 5.10 Å². The maximum Gasteiger partial charge on any atom is 0.0701 e. The summed E-state index contributed by atoms with van der Waals surface area (Å²) in [6.45, 7) is 5.67. The van der Waals surface area contributed by atoms with Crippen LogP contribution >= 0.6 is 11.6 Å². The van der Waals surface area contributed by atoms with Gasteiger partial charge in [-0.1, -0.05) is 0 Å². The van der Waals surface area contributed by atoms with Crippen molar-refractivity contribution in [3.63, 3.8) is 0 Å². The van der Waals surface area contributed by atoms with Crippen LogP contribution in [0.4, 0.5) is 0 Å². The highest BCUT2D eigenvalue weighted by molar-refractivity contribution is 6.20. The fourth-order valence-electron chi connectivity index (χ4n) is 1.33. The second-order valence-corrected chi connectivity index (χ2v) is 4.52. The molecule has 0 aliphatic carbocycles. The minimum Gasteiger partial charge on any atom is -0.382 e. The topological polar surface area (TPSA) is 45.5 Å². The smallest absolute Gasteiger partial charge is 0.0701 e. The monoisotopic (exact) mass is 276 g/mol. The number of methoxy groups -OCH3 is 1. The van der Waals surface area contributed by atoms with Crippen molar-refractivity contribution < 1.29 is 14.2 Å². The van der Waals surface area contributed by atoms with E-state index in [1.54, 1.807) is 13.3 Å². The Morgan fingerprint density at radius 3 is 2.50 bits per heavy atom. The first-order chi connectivity index (χ1) is 8.74. The second-order valence-electron chi connectivity index (χ2n) is 3.87. The molecule has 1 heterocycles. The fraction of sp³-hybridized carbons (Fsp3) is 0.750. The molecule has 0 radical (unpaired) electrons. The molecule has 1 unspecified atom stereocenters. The molecule has 5 nitrogen and oxygen atoms in total. The summed E-state index contributed by atoms with van der Waals surface area (Å²) in [4.78, 5) is 0. The lowest BCUT2D eigenvalue weighted by Gasteiger charge is -2.05. The van der Waals surface area contributed by atoms with Crippen LogP contribution in [0.3, 0.4) is 0 Å². The Bertz CT molecular complexity index is 318. The van der Waals surface area contributed by atoms with Crippen molar-refractivity contribution in [2.75, 3.05) is 40.1 Å². The Hall–Kier alpha value is -0.620. The molecule has 0 aromatic carbocycles. The van der Waals surface area contributed by atoms with Crippen LogP contribution in [0.15, 0.2) is 12.4 Å². The SMILES string of the molecule is COCCOCCOCCn1cc(C(C)Cl)cn1. The Balaban J connectivity index is 2.00. The summed E-state index contributed by atoms with van der Waals surface area (Å²) >= 11 is 5.95. The number of hydrogen-bond donors (Lipinski definition) is 0. The van der Waals surface area contributed by atoms with Crippen molar-refractivity contribution >= 4 is 11.6 Å². The summed E-state index contributed by atoms with van der Waals surface area (Å²) in [5.74, 6) is 0. The van der Waals surface area contributed by atoms with E-state index in [1.165, 1.54) is 0 Å². The van der Waals surface area contributed by atoms with E-state index in [4.69, 9.17) is 25.8 Å². The van der Waals surface area contributed by atoms with Gasteiger partial charge in [0.1, 0.15) is 0 Å². The summed E-state index contributed by atoms with van der Waals surface area (Å²) in [7, 11) is 1.65. The van der Waals surface area contributed by atoms with Crippen LogP contribution in [0.5, 0.6) is 0 Å². The van der Waals surface area contributed by atoms with Crippen LogP contribution in [0.25, 0.3) is 0 Å². The molecule has 0 bridgehead atoms. The van der Waals surface area contributed by atoms with Gasteiger partial charge in [-0.25, -0.2) is 0 Å². The first-order valence-electron chi connectivity index (χ1n) is 6.05. The predicted molar refractivity (Wildman–Crippen MR) is 70.0 cm³/mol. The van der Waals surface area contributed by atoms with E-state index < -0.39 is 0 Å². The fourth-order valence-corrected chi connectivity index (χ4v) is 1.44. The van der Waals surface area contributed by atoms with Crippen molar-refractivity contribution in [3.05, 3.63) is 18.0 Å². The first-order valence-corrected chi connectivity index (χ1v) is 6.48. The van der Waals surface area contributed by atoms with Gasteiger partial charge in [0.25, 0.3) is 0 Å². The number of aromatic nitrogens is 2. The maximum atomic E-state index is 5.95. The van der Waals surface area contributed by atoms with Crippen LogP contribution in [0.1, 0.15) is 17.9 Å². The van der Waals surface area contributed by atoms with Crippen molar-refractivity contribution in [2.45, 2.75) is 18.8 Å². The summed E-state index contributed by atoms with van der Waals surface area (Å²) in [6.07, 6.45) is 3.72. The van der Waals surface area contributed by atoms with Crippen molar-refractivity contribution in [1.82, 2.24) is 9.78 Å². The molecule has 6 heteroatoms. The molecule has 0 saturated heterocycles. The van der Waals surface area contributed by atoms with Crippen molar-refractivity contribution in [3.8, 4) is 0 Å². The zero-order valence-electron chi connectivity index (χ0n) is 11.0. The Morgan fingerprint density at radius 1 is 1.22 bits per heavy atom. The molecule has 0 saturated carbocycles. The summed E-state index contributed by atoms with van der Waals surface area (Å²) in [5, 5.41) is 4.19. The molecule has 1 atom stereocenters. The molecular formula is C12H21ClN2O3. The lowest BCUT2D eigenvalue weighted by molar-refractivity contribution is 0.0225. The summed E-state index contributed by atoms with van der Waals surface area (Å²) in [6, 6.07) is 0. The van der Waals surface area contributed by atoms with Crippen LogP contribution in [-0.4, -0.2) is 49.9 Å². The molecule has 1 rings (SSSR count). The van der Waals surface area contributed by atoms with Crippen LogP contribution in [0.2, 0.25) is 0 Å². The third-order valence-electron chi connectivity index (χ3n) is 2.38. The quantitative estimate of drug-likeness (QED) is 0.483. The largest absolute Gasteiger partial charge is 0.382 e. The lowest BCUT2D eigenvalue weighted by Crippen LogP contribution is -2.11. The first kappa shape index (κ1) is 15.4. The predicted octanol–water partition coefficient (Wildman–Crippen LogP) is 1.86. The van der Waals surface area contributed by atoms with Gasteiger partial charge in [-0.3, -0.25) is 4.68 Å². The molecule has 104 valence electrons. The highest BCUT2D eigenvalue weighted by Crippen LogP contribution is 2.17. The lowest BCUT2D eigenvalue weighted by atomic mass is 10.3. The van der Waals surface area contributed by atoms with Crippen LogP contribution in [0, 0.1) is 0 Å². The summed E-state index contributed by atoms with van der Waals surface area (Å²) in [5.41, 5.74) is 1.03. The zero-order chi connectivity index (χ0) is 13.2. The minimum absolute atomic E-state index is 0.00569. The maximum absolute atomic E-state index is 5.95. The average molecular weight is 277 g/mol. The Kier molecular flexibility index (Phi) is 8.00. The molecule has 0 aliphatic rings. The van der Waals surface area contributed by atoms with E-state index in [0.717, 1.165) is 12.1 Å². The van der Waals surface area contributed by atoms with Crippen molar-refractivity contribution in [1.29, 1.82) is 0 Å². The number of ether oxygens (including phenoxy) is 3. The standard InChI is InChI=1S/C12H21ClN2O3/c1-11(13)12-9-14-15(10-12)3-4-17-7-8-18-6-5-16-2/h9-11H,3-8H2,1-2H3. The van der Waals surface area contributed by atoms with E-state index in [9.17, 15) is 0 Å².